The molecule has 0 aliphatic carbocycles. The average Bonchev–Trinajstić information content (AvgIpc) is 2.02. The minimum Gasteiger partial charge on any atom is -0.399 e. The number of hydrogen-bond donors (Lipinski definition) is 3. The van der Waals surface area contributed by atoms with Crippen molar-refractivity contribution in [2.75, 3.05) is 5.73 Å². The first-order valence-electron chi connectivity index (χ1n) is 3.80. The second kappa shape index (κ2) is 3.23. The van der Waals surface area contributed by atoms with Gasteiger partial charge in [0.25, 0.3) is 5.12 Å². The summed E-state index contributed by atoms with van der Waals surface area (Å²) < 4.78 is 22.9. The molecule has 0 aromatic heterocycles. The Morgan fingerprint density at radius 2 is 1.93 bits per heavy atom. The van der Waals surface area contributed by atoms with Gasteiger partial charge < -0.3 is 15.9 Å². The van der Waals surface area contributed by atoms with E-state index in [0.29, 0.717) is 0 Å². The molecule has 0 unspecified atom stereocenters. The normalized spacial score (nSPS) is 12.8. The fourth-order valence-corrected chi connectivity index (χ4v) is 1.90. The molecule has 1 rings (SSSR count). The lowest BCUT2D eigenvalue weighted by atomic mass is 10.3. The van der Waals surface area contributed by atoms with Crippen LogP contribution in [0.1, 0.15) is 6.92 Å². The van der Waals surface area contributed by atoms with Crippen LogP contribution in [0.2, 0.25) is 0 Å². The molecule has 0 heterocycles. The number of sulfone groups is 1. The standard InChI is InChI=1S/C8H11NO4S/c1-8(10,11)14(12,13)7-4-2-3-6(9)5-7/h2-5,10-11H,9H2,1H3. The van der Waals surface area contributed by atoms with Gasteiger partial charge in [0, 0.05) is 12.6 Å². The predicted molar refractivity (Wildman–Crippen MR) is 50.9 cm³/mol. The molecule has 5 nitrogen and oxygen atoms in total. The molecular formula is C8H11NO4S. The van der Waals surface area contributed by atoms with Crippen LogP contribution in [0, 0.1) is 0 Å². The van der Waals surface area contributed by atoms with Crippen molar-refractivity contribution in [1.82, 2.24) is 0 Å². The molecule has 1 aromatic rings. The molecule has 78 valence electrons. The topological polar surface area (TPSA) is 101 Å². The second-order valence-corrected chi connectivity index (χ2v) is 5.26. The third-order valence-electron chi connectivity index (χ3n) is 1.68. The van der Waals surface area contributed by atoms with Gasteiger partial charge in [0.1, 0.15) is 0 Å². The second-order valence-electron chi connectivity index (χ2n) is 3.01. The Bertz CT molecular complexity index is 433. The lowest BCUT2D eigenvalue weighted by molar-refractivity contribution is -0.0681. The number of anilines is 1. The van der Waals surface area contributed by atoms with E-state index in [4.69, 9.17) is 15.9 Å². The molecule has 4 N–H and O–H groups in total. The van der Waals surface area contributed by atoms with Crippen molar-refractivity contribution in [3.05, 3.63) is 24.3 Å². The summed E-state index contributed by atoms with van der Waals surface area (Å²) in [5, 5.41) is 15.2. The lowest BCUT2D eigenvalue weighted by Crippen LogP contribution is -2.34. The number of nitrogens with two attached hydrogens (primary N) is 1. The average molecular weight is 217 g/mol. The number of rotatable bonds is 2. The Labute approximate surface area is 81.7 Å². The molecule has 0 radical (unpaired) electrons. The van der Waals surface area contributed by atoms with E-state index in [0.717, 1.165) is 6.92 Å². The van der Waals surface area contributed by atoms with Gasteiger partial charge in [-0.2, -0.15) is 0 Å². The highest BCUT2D eigenvalue weighted by Crippen LogP contribution is 2.22. The van der Waals surface area contributed by atoms with E-state index in [9.17, 15) is 8.42 Å². The maximum atomic E-state index is 11.5. The van der Waals surface area contributed by atoms with E-state index in [-0.39, 0.29) is 10.6 Å². The summed E-state index contributed by atoms with van der Waals surface area (Å²) in [7, 11) is -4.17. The van der Waals surface area contributed by atoms with Crippen molar-refractivity contribution in [3.63, 3.8) is 0 Å². The molecule has 14 heavy (non-hydrogen) atoms. The molecule has 1 aromatic carbocycles. The largest absolute Gasteiger partial charge is 0.399 e. The van der Waals surface area contributed by atoms with Crippen molar-refractivity contribution in [2.24, 2.45) is 0 Å². The highest BCUT2D eigenvalue weighted by atomic mass is 32.2. The Morgan fingerprint density at radius 3 is 2.36 bits per heavy atom. The zero-order valence-electron chi connectivity index (χ0n) is 7.51. The summed E-state index contributed by atoms with van der Waals surface area (Å²) in [5.74, 6) is 0. The molecule has 0 amide bonds. The number of hydrogen-bond acceptors (Lipinski definition) is 5. The zero-order chi connectivity index (χ0) is 11.0. The summed E-state index contributed by atoms with van der Waals surface area (Å²) >= 11 is 0. The van der Waals surface area contributed by atoms with Gasteiger partial charge in [-0.25, -0.2) is 8.42 Å². The Morgan fingerprint density at radius 1 is 1.36 bits per heavy atom. The quantitative estimate of drug-likeness (QED) is 0.466. The highest BCUT2D eigenvalue weighted by Gasteiger charge is 2.35. The highest BCUT2D eigenvalue weighted by molar-refractivity contribution is 7.92. The SMILES string of the molecule is CC(O)(O)S(=O)(=O)c1cccc(N)c1. The first-order valence-corrected chi connectivity index (χ1v) is 5.28. The van der Waals surface area contributed by atoms with Crippen LogP contribution >= 0.6 is 0 Å². The first kappa shape index (κ1) is 11.0. The van der Waals surface area contributed by atoms with E-state index in [1.54, 1.807) is 0 Å². The van der Waals surface area contributed by atoms with Gasteiger partial charge in [-0.05, 0) is 18.2 Å². The van der Waals surface area contributed by atoms with Gasteiger partial charge in [-0.15, -0.1) is 0 Å². The van der Waals surface area contributed by atoms with Crippen LogP contribution in [-0.4, -0.2) is 23.7 Å². The molecule has 0 saturated carbocycles. The van der Waals surface area contributed by atoms with Crippen LogP contribution in [0.4, 0.5) is 5.69 Å². The van der Waals surface area contributed by atoms with Crippen LogP contribution in [-0.2, 0) is 9.84 Å². The minimum atomic E-state index is -4.17. The number of aliphatic hydroxyl groups is 2. The van der Waals surface area contributed by atoms with Gasteiger partial charge in [-0.3, -0.25) is 0 Å². The van der Waals surface area contributed by atoms with Crippen LogP contribution < -0.4 is 5.73 Å². The predicted octanol–water partition coefficient (Wildman–Crippen LogP) is -0.299. The van der Waals surface area contributed by atoms with Crippen molar-refractivity contribution >= 4 is 15.5 Å². The summed E-state index contributed by atoms with van der Waals surface area (Å²) in [6.07, 6.45) is 0. The van der Waals surface area contributed by atoms with Gasteiger partial charge in [0.15, 0.2) is 0 Å². The Balaban J connectivity index is 3.32. The first-order chi connectivity index (χ1) is 6.25. The van der Waals surface area contributed by atoms with Crippen molar-refractivity contribution in [2.45, 2.75) is 16.9 Å². The molecule has 6 heteroatoms. The molecule has 0 fully saturated rings. The fraction of sp³-hybridized carbons (Fsp3) is 0.250. The van der Waals surface area contributed by atoms with E-state index in [1.165, 1.54) is 24.3 Å². The van der Waals surface area contributed by atoms with Crippen molar-refractivity contribution in [3.8, 4) is 0 Å². The summed E-state index contributed by atoms with van der Waals surface area (Å²) in [6.45, 7) is 0.783. The van der Waals surface area contributed by atoms with E-state index in [1.807, 2.05) is 0 Å². The van der Waals surface area contributed by atoms with Gasteiger partial charge in [-0.1, -0.05) is 6.07 Å². The molecular weight excluding hydrogens is 206 g/mol. The maximum absolute atomic E-state index is 11.5. The Kier molecular flexibility index (Phi) is 2.53. The summed E-state index contributed by atoms with van der Waals surface area (Å²) in [5.41, 5.74) is 5.62. The van der Waals surface area contributed by atoms with E-state index < -0.39 is 15.0 Å². The van der Waals surface area contributed by atoms with Crippen molar-refractivity contribution in [1.29, 1.82) is 0 Å². The third-order valence-corrected chi connectivity index (χ3v) is 3.57. The number of nitrogen functional groups attached to an aromatic ring is 1. The van der Waals surface area contributed by atoms with Crippen LogP contribution in [0.15, 0.2) is 29.2 Å². The molecule has 0 bridgehead atoms. The van der Waals surface area contributed by atoms with Crippen LogP contribution in [0.5, 0.6) is 0 Å². The van der Waals surface area contributed by atoms with Gasteiger partial charge >= 0.3 is 0 Å². The lowest BCUT2D eigenvalue weighted by Gasteiger charge is -2.16. The van der Waals surface area contributed by atoms with Crippen LogP contribution in [0.25, 0.3) is 0 Å². The summed E-state index contributed by atoms with van der Waals surface area (Å²) in [4.78, 5) is -0.218. The Hall–Kier alpha value is -1.11. The molecule has 0 atom stereocenters. The molecule has 0 spiro atoms. The third kappa shape index (κ3) is 1.87. The zero-order valence-corrected chi connectivity index (χ0v) is 8.32. The van der Waals surface area contributed by atoms with E-state index in [2.05, 4.69) is 0 Å². The van der Waals surface area contributed by atoms with Crippen LogP contribution in [0.3, 0.4) is 0 Å². The van der Waals surface area contributed by atoms with E-state index >= 15 is 0 Å². The van der Waals surface area contributed by atoms with Crippen molar-refractivity contribution < 1.29 is 18.6 Å². The molecule has 0 saturated heterocycles. The molecule has 0 aliphatic rings. The molecule has 0 aliphatic heterocycles. The summed E-state index contributed by atoms with van der Waals surface area (Å²) in [6, 6.07) is 5.34. The number of benzene rings is 1. The van der Waals surface area contributed by atoms with Gasteiger partial charge in [0.05, 0.1) is 4.90 Å². The maximum Gasteiger partial charge on any atom is 0.270 e. The van der Waals surface area contributed by atoms with Gasteiger partial charge in [0.2, 0.25) is 9.84 Å². The smallest absolute Gasteiger partial charge is 0.270 e. The monoisotopic (exact) mass is 217 g/mol. The minimum absolute atomic E-state index is 0.218. The fourth-order valence-electron chi connectivity index (χ4n) is 0.905.